The first kappa shape index (κ1) is 6.51. The molecule has 2 heterocycles. The van der Waals surface area contributed by atoms with Gasteiger partial charge in [-0.1, -0.05) is 0 Å². The van der Waals surface area contributed by atoms with Crippen LogP contribution in [0.3, 0.4) is 0 Å². The number of hydrogen-bond acceptors (Lipinski definition) is 4. The molecule has 0 radical (unpaired) electrons. The Kier molecular flexibility index (Phi) is 1.22. The van der Waals surface area contributed by atoms with Gasteiger partial charge in [0, 0.05) is 0 Å². The Morgan fingerprint density at radius 1 is 0.833 bits per heavy atom. The summed E-state index contributed by atoms with van der Waals surface area (Å²) >= 11 is 3.36. The van der Waals surface area contributed by atoms with Crippen molar-refractivity contribution in [3.05, 3.63) is 23.2 Å². The molecule has 0 saturated heterocycles. The molecule has 3 aromatic rings. The van der Waals surface area contributed by atoms with Crippen LogP contribution in [0.2, 0.25) is 0 Å². The zero-order chi connectivity index (χ0) is 7.97. The van der Waals surface area contributed by atoms with Crippen LogP contribution in [0.4, 0.5) is 0 Å². The van der Waals surface area contributed by atoms with Crippen LogP contribution in [0.15, 0.2) is 23.2 Å². The van der Waals surface area contributed by atoms with Crippen LogP contribution in [0.5, 0.6) is 0 Å². The first-order valence-corrected chi connectivity index (χ1v) is 5.26. The van der Waals surface area contributed by atoms with Crippen molar-refractivity contribution >= 4 is 43.1 Å². The molecule has 0 saturated carbocycles. The zero-order valence-corrected chi connectivity index (χ0v) is 7.65. The highest BCUT2D eigenvalue weighted by Gasteiger charge is 2.03. The highest BCUT2D eigenvalue weighted by molar-refractivity contribution is 7.25. The Morgan fingerprint density at radius 3 is 1.83 bits per heavy atom. The smallest absolute Gasteiger partial charge is 0.0828 e. The Bertz CT molecular complexity index is 488. The van der Waals surface area contributed by atoms with Crippen LogP contribution in [-0.2, 0) is 0 Å². The summed E-state index contributed by atoms with van der Waals surface area (Å²) in [5.41, 5.74) is 5.92. The van der Waals surface area contributed by atoms with E-state index in [1.807, 2.05) is 23.2 Å². The summed E-state index contributed by atoms with van der Waals surface area (Å²) in [6.45, 7) is 0. The van der Waals surface area contributed by atoms with E-state index in [4.69, 9.17) is 0 Å². The summed E-state index contributed by atoms with van der Waals surface area (Å²) in [5.74, 6) is 0. The fourth-order valence-electron chi connectivity index (χ4n) is 1.24. The molecule has 0 fully saturated rings. The molecule has 0 aliphatic carbocycles. The Morgan fingerprint density at radius 2 is 1.33 bits per heavy atom. The molecule has 0 amide bonds. The maximum absolute atomic E-state index is 4.25. The molecule has 1 aromatic carbocycles. The number of fused-ring (bicyclic) bond motifs is 3. The molecule has 0 N–H and O–H groups in total. The molecule has 0 aliphatic heterocycles. The first-order chi connectivity index (χ1) is 5.95. The van der Waals surface area contributed by atoms with E-state index in [0.717, 1.165) is 11.0 Å². The molecule has 0 unspecified atom stereocenters. The van der Waals surface area contributed by atoms with Crippen LogP contribution < -0.4 is 0 Å². The van der Waals surface area contributed by atoms with Gasteiger partial charge in [0.15, 0.2) is 0 Å². The van der Waals surface area contributed by atoms with Crippen molar-refractivity contribution in [1.82, 2.24) is 9.97 Å². The minimum absolute atomic E-state index is 1.08. The highest BCUT2D eigenvalue weighted by atomic mass is 32.1. The van der Waals surface area contributed by atoms with Gasteiger partial charge in [-0.05, 0) is 12.1 Å². The van der Waals surface area contributed by atoms with Crippen LogP contribution in [0.25, 0.3) is 20.4 Å². The Hall–Kier alpha value is -1.00. The summed E-state index contributed by atoms with van der Waals surface area (Å²) in [5, 5.41) is 0. The summed E-state index contributed by atoms with van der Waals surface area (Å²) in [4.78, 5) is 8.49. The second-order valence-electron chi connectivity index (χ2n) is 2.47. The largest absolute Gasteiger partial charge is 0.245 e. The molecular formula is C8H4N2S2. The van der Waals surface area contributed by atoms with Crippen molar-refractivity contribution in [2.75, 3.05) is 0 Å². The van der Waals surface area contributed by atoms with Gasteiger partial charge >= 0.3 is 0 Å². The van der Waals surface area contributed by atoms with E-state index in [2.05, 4.69) is 9.97 Å². The average molecular weight is 192 g/mol. The van der Waals surface area contributed by atoms with E-state index in [1.54, 1.807) is 22.7 Å². The molecule has 12 heavy (non-hydrogen) atoms. The van der Waals surface area contributed by atoms with Crippen LogP contribution in [0, 0.1) is 0 Å². The first-order valence-electron chi connectivity index (χ1n) is 3.50. The number of thiazole rings is 2. The lowest BCUT2D eigenvalue weighted by atomic mass is 10.3. The molecule has 3 rings (SSSR count). The normalized spacial score (nSPS) is 11.3. The van der Waals surface area contributed by atoms with Crippen molar-refractivity contribution in [2.45, 2.75) is 0 Å². The van der Waals surface area contributed by atoms with Gasteiger partial charge in [0.2, 0.25) is 0 Å². The molecule has 0 atom stereocenters. The second-order valence-corrected chi connectivity index (χ2v) is 4.18. The van der Waals surface area contributed by atoms with E-state index >= 15 is 0 Å². The Balaban J connectivity index is 2.71. The minimum atomic E-state index is 1.08. The number of rotatable bonds is 0. The van der Waals surface area contributed by atoms with Gasteiger partial charge in [0.1, 0.15) is 0 Å². The van der Waals surface area contributed by atoms with E-state index in [1.165, 1.54) is 9.40 Å². The molecule has 0 spiro atoms. The van der Waals surface area contributed by atoms with Gasteiger partial charge < -0.3 is 0 Å². The van der Waals surface area contributed by atoms with Gasteiger partial charge in [-0.3, -0.25) is 0 Å². The monoisotopic (exact) mass is 192 g/mol. The third-order valence-corrected chi connectivity index (χ3v) is 3.64. The van der Waals surface area contributed by atoms with Crippen molar-refractivity contribution < 1.29 is 0 Å². The van der Waals surface area contributed by atoms with Crippen molar-refractivity contribution in [3.8, 4) is 0 Å². The summed E-state index contributed by atoms with van der Waals surface area (Å²) in [6.07, 6.45) is 0. The molecule has 4 heteroatoms. The van der Waals surface area contributed by atoms with E-state index < -0.39 is 0 Å². The summed E-state index contributed by atoms with van der Waals surface area (Å²) < 4.78 is 2.52. The van der Waals surface area contributed by atoms with E-state index in [9.17, 15) is 0 Å². The minimum Gasteiger partial charge on any atom is -0.245 e. The SMILES string of the molecule is c1nc2ccc3ncsc3c2s1. The third kappa shape index (κ3) is 0.735. The lowest BCUT2D eigenvalue weighted by Crippen LogP contribution is -1.67. The van der Waals surface area contributed by atoms with Crippen molar-refractivity contribution in [3.63, 3.8) is 0 Å². The van der Waals surface area contributed by atoms with E-state index in [0.29, 0.717) is 0 Å². The average Bonchev–Trinajstić information content (AvgIpc) is 2.71. The van der Waals surface area contributed by atoms with Gasteiger partial charge in [-0.15, -0.1) is 22.7 Å². The van der Waals surface area contributed by atoms with Crippen molar-refractivity contribution in [1.29, 1.82) is 0 Å². The zero-order valence-electron chi connectivity index (χ0n) is 6.02. The fraction of sp³-hybridized carbons (Fsp3) is 0. The Labute approximate surface area is 76.5 Å². The quantitative estimate of drug-likeness (QED) is 0.547. The maximum atomic E-state index is 4.25. The van der Waals surface area contributed by atoms with Gasteiger partial charge in [-0.25, -0.2) is 9.97 Å². The van der Waals surface area contributed by atoms with E-state index in [-0.39, 0.29) is 0 Å². The molecular weight excluding hydrogens is 188 g/mol. The number of nitrogens with zero attached hydrogens (tertiary/aromatic N) is 2. The maximum Gasteiger partial charge on any atom is 0.0828 e. The van der Waals surface area contributed by atoms with Crippen molar-refractivity contribution in [2.24, 2.45) is 0 Å². The summed E-state index contributed by atoms with van der Waals surface area (Å²) in [7, 11) is 0. The van der Waals surface area contributed by atoms with Gasteiger partial charge in [0.25, 0.3) is 0 Å². The lowest BCUT2D eigenvalue weighted by Gasteiger charge is -1.87. The topological polar surface area (TPSA) is 25.8 Å². The summed E-state index contributed by atoms with van der Waals surface area (Å²) in [6, 6.07) is 4.04. The second kappa shape index (κ2) is 2.24. The fourth-order valence-corrected chi connectivity index (χ4v) is 2.98. The lowest BCUT2D eigenvalue weighted by molar-refractivity contribution is 1.48. The van der Waals surface area contributed by atoms with Crippen LogP contribution in [-0.4, -0.2) is 9.97 Å². The molecule has 58 valence electrons. The number of hydrogen-bond donors (Lipinski definition) is 0. The molecule has 2 nitrogen and oxygen atoms in total. The van der Waals surface area contributed by atoms with Gasteiger partial charge in [0.05, 0.1) is 31.5 Å². The third-order valence-electron chi connectivity index (χ3n) is 1.80. The van der Waals surface area contributed by atoms with Crippen LogP contribution >= 0.6 is 22.7 Å². The highest BCUT2D eigenvalue weighted by Crippen LogP contribution is 2.29. The number of aromatic nitrogens is 2. The number of benzene rings is 1. The van der Waals surface area contributed by atoms with Crippen LogP contribution in [0.1, 0.15) is 0 Å². The standard InChI is InChI=1S/C8H4N2S2/c1-2-6-8(12-4-10-6)7-5(1)9-3-11-7/h1-4H. The predicted molar refractivity (Wildman–Crippen MR) is 52.8 cm³/mol. The molecule has 0 aliphatic rings. The van der Waals surface area contributed by atoms with Gasteiger partial charge in [-0.2, -0.15) is 0 Å². The predicted octanol–water partition coefficient (Wildman–Crippen LogP) is 2.91. The molecule has 0 bridgehead atoms. The molecule has 2 aromatic heterocycles.